The molecular formula is C27H19N5O6. The number of hydrogen-bond acceptors (Lipinski definition) is 8. The lowest BCUT2D eigenvalue weighted by Crippen LogP contribution is -2.30. The Morgan fingerprint density at radius 1 is 1.11 bits per heavy atom. The van der Waals surface area contributed by atoms with Gasteiger partial charge in [0.05, 0.1) is 37.1 Å². The lowest BCUT2D eigenvalue weighted by molar-refractivity contribution is 0.0985. The summed E-state index contributed by atoms with van der Waals surface area (Å²) >= 11 is 0. The number of ether oxygens (including phenoxy) is 2. The Labute approximate surface area is 216 Å². The number of aliphatic hydroxyl groups excluding tert-OH is 1. The Hall–Kier alpha value is -5.83. The second-order valence-electron chi connectivity index (χ2n) is 7.33. The molecule has 0 unspecified atom stereocenters. The number of aromatic hydroxyl groups is 1. The summed E-state index contributed by atoms with van der Waals surface area (Å²) in [6, 6.07) is 15.9. The minimum absolute atomic E-state index is 0.0338. The predicted molar refractivity (Wildman–Crippen MR) is 137 cm³/mol. The minimum atomic E-state index is -0.866. The number of nitrogens with one attached hydrogen (secondary N) is 1. The van der Waals surface area contributed by atoms with E-state index in [2.05, 4.69) is 9.83 Å². The number of rotatable bonds is 8. The van der Waals surface area contributed by atoms with Crippen LogP contribution in [-0.2, 0) is 0 Å². The first-order chi connectivity index (χ1) is 18.4. The van der Waals surface area contributed by atoms with E-state index in [1.54, 1.807) is 18.2 Å². The molecule has 3 rings (SSSR count). The van der Waals surface area contributed by atoms with E-state index in [0.717, 1.165) is 4.57 Å². The number of aromatic amines is 1. The van der Waals surface area contributed by atoms with Crippen LogP contribution in [0.5, 0.6) is 17.4 Å². The summed E-state index contributed by atoms with van der Waals surface area (Å²) in [6.45, 7) is 6.81. The zero-order valence-corrected chi connectivity index (χ0v) is 19.9. The number of H-pyrrole nitrogens is 1. The maximum Gasteiger partial charge on any atom is 0.335 e. The molecule has 0 saturated carbocycles. The number of allylic oxidation sites excluding steroid dienone is 5. The molecule has 0 amide bonds. The Kier molecular flexibility index (Phi) is 8.61. The van der Waals surface area contributed by atoms with Crippen LogP contribution in [0.25, 0.3) is 22.2 Å². The monoisotopic (exact) mass is 509 g/mol. The van der Waals surface area contributed by atoms with Gasteiger partial charge in [-0.1, -0.05) is 18.2 Å². The first-order valence-corrected chi connectivity index (χ1v) is 10.8. The Balaban J connectivity index is 2.09. The zero-order chi connectivity index (χ0) is 27.7. The molecule has 11 nitrogen and oxygen atoms in total. The van der Waals surface area contributed by atoms with E-state index in [-0.39, 0.29) is 28.1 Å². The van der Waals surface area contributed by atoms with Crippen LogP contribution in [0.3, 0.4) is 0 Å². The Bertz CT molecular complexity index is 1660. The normalized spacial score (nSPS) is 11.7. The van der Waals surface area contributed by atoms with Crippen LogP contribution in [0.1, 0.15) is 11.1 Å². The largest absolute Gasteiger partial charge is 0.497 e. The van der Waals surface area contributed by atoms with Crippen molar-refractivity contribution >= 4 is 11.6 Å². The van der Waals surface area contributed by atoms with Crippen molar-refractivity contribution in [1.29, 1.82) is 10.5 Å². The van der Waals surface area contributed by atoms with Crippen LogP contribution in [-0.4, -0.2) is 33.7 Å². The highest BCUT2D eigenvalue weighted by atomic mass is 16.6. The molecule has 1 heterocycles. The van der Waals surface area contributed by atoms with Crippen LogP contribution in [0, 0.1) is 29.2 Å². The van der Waals surface area contributed by atoms with Crippen LogP contribution in [0.15, 0.2) is 81.5 Å². The van der Waals surface area contributed by atoms with E-state index in [0.29, 0.717) is 17.1 Å². The van der Waals surface area contributed by atoms with Crippen molar-refractivity contribution in [3.05, 3.63) is 115 Å². The maximum atomic E-state index is 12.4. The van der Waals surface area contributed by atoms with Crippen LogP contribution in [0.4, 0.5) is 0 Å². The molecule has 0 spiro atoms. The first kappa shape index (κ1) is 26.8. The molecule has 0 aliphatic rings. The summed E-state index contributed by atoms with van der Waals surface area (Å²) in [5, 5.41) is 38.9. The summed E-state index contributed by atoms with van der Waals surface area (Å²) < 4.78 is 11.0. The van der Waals surface area contributed by atoms with Gasteiger partial charge in [-0.3, -0.25) is 9.78 Å². The molecule has 0 saturated heterocycles. The predicted octanol–water partition coefficient (Wildman–Crippen LogP) is 2.89. The summed E-state index contributed by atoms with van der Waals surface area (Å²) in [5.41, 5.74) is -1.77. The average Bonchev–Trinajstić information content (AvgIpc) is 2.93. The van der Waals surface area contributed by atoms with Crippen molar-refractivity contribution in [1.82, 2.24) is 9.55 Å². The molecule has 2 aromatic carbocycles. The molecule has 3 aromatic rings. The number of nitriles is 2. The van der Waals surface area contributed by atoms with E-state index >= 15 is 0 Å². The molecule has 0 fully saturated rings. The summed E-state index contributed by atoms with van der Waals surface area (Å²) in [4.78, 5) is 30.2. The van der Waals surface area contributed by atoms with Gasteiger partial charge in [-0.05, 0) is 54.1 Å². The van der Waals surface area contributed by atoms with Gasteiger partial charge in [0.15, 0.2) is 6.79 Å². The molecule has 0 atom stereocenters. The Morgan fingerprint density at radius 3 is 2.32 bits per heavy atom. The standard InChI is InChI=1S/C27H19N5O6/c1-30-23(15-29)24(17-6-10-21(11-7-17)38-16-33)18(14-28)4-3-5-22-25(34)31-27(36)32(26(22)35)19-8-12-20(37-2)13-9-19/h3-13,33,35H,16H2,2H3,(H,31,34,36). The highest BCUT2D eigenvalue weighted by molar-refractivity contribution is 5.88. The molecule has 0 radical (unpaired) electrons. The highest BCUT2D eigenvalue weighted by Crippen LogP contribution is 2.29. The third kappa shape index (κ3) is 5.69. The molecule has 0 aliphatic carbocycles. The second-order valence-corrected chi connectivity index (χ2v) is 7.33. The van der Waals surface area contributed by atoms with Crippen molar-refractivity contribution < 1.29 is 19.7 Å². The molecular weight excluding hydrogens is 490 g/mol. The number of nitrogens with zero attached hydrogens (tertiary/aromatic N) is 4. The minimum Gasteiger partial charge on any atom is -0.497 e. The topological polar surface area (TPSA) is 166 Å². The number of hydrogen-bond donors (Lipinski definition) is 3. The molecule has 1 aromatic heterocycles. The van der Waals surface area contributed by atoms with Gasteiger partial charge in [-0.15, -0.1) is 0 Å². The van der Waals surface area contributed by atoms with E-state index in [1.807, 2.05) is 6.07 Å². The van der Waals surface area contributed by atoms with Gasteiger partial charge in [0.1, 0.15) is 17.1 Å². The molecule has 11 heteroatoms. The van der Waals surface area contributed by atoms with E-state index in [4.69, 9.17) is 21.2 Å². The van der Waals surface area contributed by atoms with Crippen molar-refractivity contribution in [3.63, 3.8) is 0 Å². The molecule has 0 bridgehead atoms. The second kappa shape index (κ2) is 12.2. The lowest BCUT2D eigenvalue weighted by atomic mass is 9.96. The fourth-order valence-electron chi connectivity index (χ4n) is 3.43. The molecule has 38 heavy (non-hydrogen) atoms. The van der Waals surface area contributed by atoms with Gasteiger partial charge < -0.3 is 19.7 Å². The van der Waals surface area contributed by atoms with E-state index in [9.17, 15) is 25.2 Å². The number of benzene rings is 2. The molecule has 188 valence electrons. The zero-order valence-electron chi connectivity index (χ0n) is 19.9. The quantitative estimate of drug-likeness (QED) is 0.180. The van der Waals surface area contributed by atoms with Crippen LogP contribution >= 0.6 is 0 Å². The lowest BCUT2D eigenvalue weighted by Gasteiger charge is -2.10. The summed E-state index contributed by atoms with van der Waals surface area (Å²) in [7, 11) is 1.48. The number of aliphatic hydroxyl groups is 1. The first-order valence-electron chi connectivity index (χ1n) is 10.8. The molecule has 3 N–H and O–H groups in total. The third-order valence-electron chi connectivity index (χ3n) is 5.20. The van der Waals surface area contributed by atoms with Gasteiger partial charge in [0.25, 0.3) is 11.3 Å². The maximum absolute atomic E-state index is 12.4. The van der Waals surface area contributed by atoms with Crippen molar-refractivity contribution in [2.75, 3.05) is 13.9 Å². The highest BCUT2D eigenvalue weighted by Gasteiger charge is 2.16. The van der Waals surface area contributed by atoms with Crippen molar-refractivity contribution in [2.24, 2.45) is 0 Å². The van der Waals surface area contributed by atoms with Crippen LogP contribution in [0.2, 0.25) is 0 Å². The smallest absolute Gasteiger partial charge is 0.335 e. The third-order valence-corrected chi connectivity index (χ3v) is 5.20. The van der Waals surface area contributed by atoms with Crippen molar-refractivity contribution in [3.8, 4) is 35.2 Å². The Morgan fingerprint density at radius 2 is 1.76 bits per heavy atom. The fraction of sp³-hybridized carbons (Fsp3) is 0.0741. The van der Waals surface area contributed by atoms with Gasteiger partial charge in [0.2, 0.25) is 5.88 Å². The average molecular weight is 509 g/mol. The summed E-state index contributed by atoms with van der Waals surface area (Å²) in [5.74, 6) is 0.220. The van der Waals surface area contributed by atoms with E-state index < -0.39 is 23.9 Å². The van der Waals surface area contributed by atoms with E-state index in [1.165, 1.54) is 61.7 Å². The number of aromatic nitrogens is 2. The van der Waals surface area contributed by atoms with Crippen molar-refractivity contribution in [2.45, 2.75) is 0 Å². The number of methoxy groups -OCH3 is 1. The van der Waals surface area contributed by atoms with Gasteiger partial charge >= 0.3 is 5.69 Å². The summed E-state index contributed by atoms with van der Waals surface area (Å²) in [6.07, 6.45) is 3.72. The van der Waals surface area contributed by atoms with Gasteiger partial charge in [0, 0.05) is 5.57 Å². The SMILES string of the molecule is [C-]#[N+]C(C#N)=C(C(C#N)=CC=Cc1c(O)n(-c2ccc(OC)cc2)c(=O)[nH]c1=O)c1ccc(OCO)cc1. The van der Waals surface area contributed by atoms with Gasteiger partial charge in [-0.25, -0.2) is 19.5 Å². The van der Waals surface area contributed by atoms with Crippen LogP contribution < -0.4 is 20.7 Å². The molecule has 0 aliphatic heterocycles. The van der Waals surface area contributed by atoms with Gasteiger partial charge in [-0.2, -0.15) is 5.26 Å². The fourth-order valence-corrected chi connectivity index (χ4v) is 3.43.